The molecular formula is C32H37N3O4. The van der Waals surface area contributed by atoms with Gasteiger partial charge in [0.05, 0.1) is 13.0 Å². The van der Waals surface area contributed by atoms with Gasteiger partial charge in [-0.1, -0.05) is 91.0 Å². The van der Waals surface area contributed by atoms with E-state index in [4.69, 9.17) is 4.74 Å². The summed E-state index contributed by atoms with van der Waals surface area (Å²) in [6.45, 7) is 2.10. The molecule has 3 aromatic rings. The second-order valence-corrected chi connectivity index (χ2v) is 10.1. The van der Waals surface area contributed by atoms with Gasteiger partial charge in [-0.25, -0.2) is 4.79 Å². The molecule has 0 spiro atoms. The molecule has 1 unspecified atom stereocenters. The lowest BCUT2D eigenvalue weighted by Gasteiger charge is -2.41. The Labute approximate surface area is 230 Å². The first-order valence-electron chi connectivity index (χ1n) is 13.5. The molecule has 1 heterocycles. The largest absolute Gasteiger partial charge is 0.467 e. The maximum Gasteiger partial charge on any atom is 0.331 e. The molecule has 0 saturated carbocycles. The van der Waals surface area contributed by atoms with Gasteiger partial charge < -0.3 is 20.3 Å². The quantitative estimate of drug-likeness (QED) is 0.370. The second kappa shape index (κ2) is 13.7. The van der Waals surface area contributed by atoms with Gasteiger partial charge in [0.1, 0.15) is 5.54 Å². The van der Waals surface area contributed by atoms with E-state index in [9.17, 15) is 14.4 Å². The molecule has 2 N–H and O–H groups in total. The van der Waals surface area contributed by atoms with Crippen LogP contribution in [0.15, 0.2) is 91.0 Å². The third-order valence-electron chi connectivity index (χ3n) is 7.42. The van der Waals surface area contributed by atoms with Crippen LogP contribution >= 0.6 is 0 Å². The molecule has 2 amide bonds. The fraction of sp³-hybridized carbons (Fsp3) is 0.344. The van der Waals surface area contributed by atoms with E-state index in [0.717, 1.165) is 16.7 Å². The van der Waals surface area contributed by atoms with Crippen LogP contribution in [-0.2, 0) is 32.1 Å². The highest BCUT2D eigenvalue weighted by Gasteiger charge is 2.44. The van der Waals surface area contributed by atoms with E-state index in [0.29, 0.717) is 51.9 Å². The van der Waals surface area contributed by atoms with E-state index in [1.807, 2.05) is 91.0 Å². The monoisotopic (exact) mass is 527 g/mol. The lowest BCUT2D eigenvalue weighted by Crippen LogP contribution is -2.60. The van der Waals surface area contributed by atoms with Crippen LogP contribution in [-0.4, -0.2) is 55.0 Å². The summed E-state index contributed by atoms with van der Waals surface area (Å²) in [4.78, 5) is 41.2. The predicted octanol–water partition coefficient (Wildman–Crippen LogP) is 3.84. The van der Waals surface area contributed by atoms with E-state index in [-0.39, 0.29) is 17.7 Å². The molecule has 4 rings (SSSR count). The summed E-state index contributed by atoms with van der Waals surface area (Å²) in [6, 6.07) is 29.4. The van der Waals surface area contributed by atoms with Crippen LogP contribution in [0.25, 0.3) is 0 Å². The molecule has 1 fully saturated rings. The summed E-state index contributed by atoms with van der Waals surface area (Å²) < 4.78 is 5.12. The minimum atomic E-state index is -1.06. The normalized spacial score (nSPS) is 15.6. The van der Waals surface area contributed by atoms with Crippen molar-refractivity contribution in [2.45, 2.75) is 43.7 Å². The van der Waals surface area contributed by atoms with Crippen molar-refractivity contribution in [3.05, 3.63) is 108 Å². The number of carbonyl (C=O) groups excluding carboxylic acids is 3. The molecule has 0 aromatic heterocycles. The smallest absolute Gasteiger partial charge is 0.331 e. The van der Waals surface area contributed by atoms with Gasteiger partial charge in [-0.3, -0.25) is 9.59 Å². The van der Waals surface area contributed by atoms with Crippen LogP contribution in [0.3, 0.4) is 0 Å². The minimum absolute atomic E-state index is 0.0379. The molecule has 0 radical (unpaired) electrons. The first-order valence-corrected chi connectivity index (χ1v) is 13.5. The van der Waals surface area contributed by atoms with Crippen molar-refractivity contribution in [2.75, 3.05) is 26.7 Å². The molecule has 0 aliphatic carbocycles. The van der Waals surface area contributed by atoms with Crippen molar-refractivity contribution < 1.29 is 19.1 Å². The standard InChI is InChI=1S/C32H37N3O4/c1-39-31(38)32(34-29(36)18-17-25-11-5-2-6-12-25)19-21-35(22-20-32)24-28(27-15-9-4-10-16-27)30(37)33-23-26-13-7-3-8-14-26/h2-16,28H,17-24H2,1H3,(H,33,37)(H,34,36). The number of rotatable bonds is 11. The number of nitrogens with zero attached hydrogens (tertiary/aromatic N) is 1. The Morgan fingerprint density at radius 3 is 2.00 bits per heavy atom. The number of methoxy groups -OCH3 is 1. The highest BCUT2D eigenvalue weighted by molar-refractivity contribution is 5.88. The first kappa shape index (κ1) is 28.0. The number of nitrogens with one attached hydrogen (secondary N) is 2. The number of esters is 1. The minimum Gasteiger partial charge on any atom is -0.467 e. The van der Waals surface area contributed by atoms with E-state index in [1.54, 1.807) is 0 Å². The van der Waals surface area contributed by atoms with Crippen molar-refractivity contribution in [1.82, 2.24) is 15.5 Å². The Kier molecular flexibility index (Phi) is 9.86. The zero-order valence-electron chi connectivity index (χ0n) is 22.5. The number of hydrogen-bond acceptors (Lipinski definition) is 5. The van der Waals surface area contributed by atoms with Crippen LogP contribution in [0.5, 0.6) is 0 Å². The maximum absolute atomic E-state index is 13.3. The lowest BCUT2D eigenvalue weighted by atomic mass is 9.86. The molecule has 204 valence electrons. The van der Waals surface area contributed by atoms with Gasteiger partial charge in [-0.05, 0) is 36.0 Å². The highest BCUT2D eigenvalue weighted by Crippen LogP contribution is 2.27. The Bertz CT molecular complexity index is 1210. The van der Waals surface area contributed by atoms with Crippen LogP contribution in [0.1, 0.15) is 41.9 Å². The Hall–Kier alpha value is -3.97. The molecule has 1 atom stereocenters. The summed E-state index contributed by atoms with van der Waals surface area (Å²) in [6.07, 6.45) is 1.74. The fourth-order valence-electron chi connectivity index (χ4n) is 5.12. The number of hydrogen-bond donors (Lipinski definition) is 2. The van der Waals surface area contributed by atoms with E-state index in [2.05, 4.69) is 15.5 Å². The van der Waals surface area contributed by atoms with Crippen molar-refractivity contribution in [2.24, 2.45) is 0 Å². The van der Waals surface area contributed by atoms with Crippen LogP contribution < -0.4 is 10.6 Å². The van der Waals surface area contributed by atoms with E-state index < -0.39 is 11.5 Å². The summed E-state index contributed by atoms with van der Waals surface area (Å²) in [5.41, 5.74) is 2.01. The Balaban J connectivity index is 1.38. The van der Waals surface area contributed by atoms with Gasteiger partial charge in [0, 0.05) is 32.6 Å². The van der Waals surface area contributed by atoms with Crippen molar-refractivity contribution >= 4 is 17.8 Å². The number of likely N-dealkylation sites (tertiary alicyclic amines) is 1. The average Bonchev–Trinajstić information content (AvgIpc) is 2.99. The first-order chi connectivity index (χ1) is 19.0. The van der Waals surface area contributed by atoms with Gasteiger partial charge in [0.25, 0.3) is 0 Å². The number of piperidine rings is 1. The number of aryl methyl sites for hydroxylation is 1. The lowest BCUT2D eigenvalue weighted by molar-refractivity contribution is -0.153. The highest BCUT2D eigenvalue weighted by atomic mass is 16.5. The Morgan fingerprint density at radius 2 is 1.41 bits per heavy atom. The van der Waals surface area contributed by atoms with E-state index >= 15 is 0 Å². The average molecular weight is 528 g/mol. The van der Waals surface area contributed by atoms with Gasteiger partial charge in [0.2, 0.25) is 11.8 Å². The predicted molar refractivity (Wildman–Crippen MR) is 151 cm³/mol. The molecule has 0 bridgehead atoms. The molecule has 1 aliphatic rings. The summed E-state index contributed by atoms with van der Waals surface area (Å²) in [7, 11) is 1.36. The van der Waals surface area contributed by atoms with Crippen LogP contribution in [0, 0.1) is 0 Å². The van der Waals surface area contributed by atoms with Crippen molar-refractivity contribution in [3.63, 3.8) is 0 Å². The second-order valence-electron chi connectivity index (χ2n) is 10.1. The van der Waals surface area contributed by atoms with Crippen LogP contribution in [0.4, 0.5) is 0 Å². The van der Waals surface area contributed by atoms with Gasteiger partial charge in [-0.2, -0.15) is 0 Å². The third kappa shape index (κ3) is 7.77. The topological polar surface area (TPSA) is 87.7 Å². The molecule has 7 heteroatoms. The molecule has 1 aliphatic heterocycles. The molecular weight excluding hydrogens is 490 g/mol. The van der Waals surface area contributed by atoms with Gasteiger partial charge in [0.15, 0.2) is 0 Å². The van der Waals surface area contributed by atoms with Crippen molar-refractivity contribution in [3.8, 4) is 0 Å². The van der Waals surface area contributed by atoms with Gasteiger partial charge >= 0.3 is 5.97 Å². The number of benzene rings is 3. The summed E-state index contributed by atoms with van der Waals surface area (Å²) in [5, 5.41) is 6.09. The molecule has 7 nitrogen and oxygen atoms in total. The molecule has 3 aromatic carbocycles. The third-order valence-corrected chi connectivity index (χ3v) is 7.42. The zero-order chi connectivity index (χ0) is 27.5. The summed E-state index contributed by atoms with van der Waals surface area (Å²) in [5.74, 6) is -0.986. The molecule has 39 heavy (non-hydrogen) atoms. The summed E-state index contributed by atoms with van der Waals surface area (Å²) >= 11 is 0. The van der Waals surface area contributed by atoms with E-state index in [1.165, 1.54) is 7.11 Å². The molecule has 1 saturated heterocycles. The number of ether oxygens (including phenoxy) is 1. The maximum atomic E-state index is 13.3. The zero-order valence-corrected chi connectivity index (χ0v) is 22.5. The Morgan fingerprint density at radius 1 is 0.846 bits per heavy atom. The SMILES string of the molecule is COC(=O)C1(NC(=O)CCc2ccccc2)CCN(CC(C(=O)NCc2ccccc2)c2ccccc2)CC1. The van der Waals surface area contributed by atoms with Crippen molar-refractivity contribution in [1.29, 1.82) is 0 Å². The fourth-order valence-corrected chi connectivity index (χ4v) is 5.12. The number of carbonyl (C=O) groups is 3. The van der Waals surface area contributed by atoms with Gasteiger partial charge in [-0.15, -0.1) is 0 Å². The number of amides is 2. The van der Waals surface area contributed by atoms with Crippen LogP contribution in [0.2, 0.25) is 0 Å².